The van der Waals surface area contributed by atoms with E-state index in [4.69, 9.17) is 0 Å². The Bertz CT molecular complexity index is 383. The maximum absolute atomic E-state index is 11.0. The molecule has 0 fully saturated rings. The van der Waals surface area contributed by atoms with Crippen LogP contribution in [-0.4, -0.2) is 11.0 Å². The molecule has 0 saturated carbocycles. The summed E-state index contributed by atoms with van der Waals surface area (Å²) in [5, 5.41) is 12.2. The number of hydrogen-bond donors (Lipinski definition) is 2. The van der Waals surface area contributed by atoms with Gasteiger partial charge in [0.25, 0.3) is 0 Å². The lowest BCUT2D eigenvalue weighted by atomic mass is 10.1. The summed E-state index contributed by atoms with van der Waals surface area (Å²) >= 11 is 0. The van der Waals surface area contributed by atoms with Crippen LogP contribution in [0.3, 0.4) is 0 Å². The molecule has 0 atom stereocenters. The molecule has 14 heavy (non-hydrogen) atoms. The van der Waals surface area contributed by atoms with Crippen molar-refractivity contribution in [3.8, 4) is 5.75 Å². The number of aromatic hydroxyl groups is 1. The molecular weight excluding hydrogens is 178 g/mol. The lowest BCUT2D eigenvalue weighted by Gasteiger charge is -2.09. The van der Waals surface area contributed by atoms with E-state index in [0.717, 1.165) is 5.56 Å². The summed E-state index contributed by atoms with van der Waals surface area (Å²) in [6.07, 6.45) is 1.19. The van der Waals surface area contributed by atoms with Gasteiger partial charge >= 0.3 is 0 Å². The quantitative estimate of drug-likeness (QED) is 0.703. The van der Waals surface area contributed by atoms with E-state index in [-0.39, 0.29) is 11.7 Å². The van der Waals surface area contributed by atoms with Crippen molar-refractivity contribution in [1.29, 1.82) is 0 Å². The predicted octanol–water partition coefficient (Wildman–Crippen LogP) is 2.13. The van der Waals surface area contributed by atoms with Crippen molar-refractivity contribution >= 4 is 11.6 Å². The summed E-state index contributed by atoms with van der Waals surface area (Å²) in [6.45, 7) is 6.91. The number of amides is 1. The van der Waals surface area contributed by atoms with Gasteiger partial charge in [-0.05, 0) is 31.6 Å². The first-order valence-corrected chi connectivity index (χ1v) is 4.29. The molecule has 3 heteroatoms. The van der Waals surface area contributed by atoms with Crippen molar-refractivity contribution in [1.82, 2.24) is 0 Å². The Morgan fingerprint density at radius 1 is 1.50 bits per heavy atom. The first kappa shape index (κ1) is 10.3. The monoisotopic (exact) mass is 191 g/mol. The van der Waals surface area contributed by atoms with Gasteiger partial charge in [0, 0.05) is 11.3 Å². The van der Waals surface area contributed by atoms with Crippen LogP contribution in [0.4, 0.5) is 5.69 Å². The third kappa shape index (κ3) is 1.93. The number of phenolic OH excluding ortho intramolecular Hbond substituents is 1. The molecule has 0 bridgehead atoms. The Labute approximate surface area is 83.1 Å². The average molecular weight is 191 g/mol. The van der Waals surface area contributed by atoms with Gasteiger partial charge in [-0.25, -0.2) is 0 Å². The minimum atomic E-state index is -0.281. The van der Waals surface area contributed by atoms with Crippen LogP contribution in [0.15, 0.2) is 24.8 Å². The highest BCUT2D eigenvalue weighted by Crippen LogP contribution is 2.27. The van der Waals surface area contributed by atoms with Gasteiger partial charge in [-0.1, -0.05) is 12.6 Å². The largest absolute Gasteiger partial charge is 0.507 e. The SMILES string of the molecule is C=CC(=O)Nc1ccc(C)c(O)c1C. The molecule has 0 aliphatic heterocycles. The number of rotatable bonds is 2. The number of nitrogens with one attached hydrogen (secondary N) is 1. The molecule has 74 valence electrons. The second-order valence-electron chi connectivity index (χ2n) is 3.10. The number of benzene rings is 1. The van der Waals surface area contributed by atoms with Crippen LogP contribution in [0.25, 0.3) is 0 Å². The van der Waals surface area contributed by atoms with E-state index in [0.29, 0.717) is 11.3 Å². The zero-order chi connectivity index (χ0) is 10.7. The van der Waals surface area contributed by atoms with Gasteiger partial charge in [0.15, 0.2) is 0 Å². The van der Waals surface area contributed by atoms with E-state index in [9.17, 15) is 9.90 Å². The van der Waals surface area contributed by atoms with Gasteiger partial charge in [-0.3, -0.25) is 4.79 Å². The molecule has 0 aliphatic rings. The van der Waals surface area contributed by atoms with Gasteiger partial charge in [0.05, 0.1) is 0 Å². The van der Waals surface area contributed by atoms with Crippen molar-refractivity contribution in [3.63, 3.8) is 0 Å². The fourth-order valence-corrected chi connectivity index (χ4v) is 1.15. The minimum Gasteiger partial charge on any atom is -0.507 e. The van der Waals surface area contributed by atoms with E-state index in [1.165, 1.54) is 6.08 Å². The van der Waals surface area contributed by atoms with Crippen molar-refractivity contribution in [2.75, 3.05) is 5.32 Å². The Hall–Kier alpha value is -1.77. The van der Waals surface area contributed by atoms with E-state index < -0.39 is 0 Å². The third-order valence-electron chi connectivity index (χ3n) is 2.08. The fraction of sp³-hybridized carbons (Fsp3) is 0.182. The first-order chi connectivity index (χ1) is 6.56. The summed E-state index contributed by atoms with van der Waals surface area (Å²) in [7, 11) is 0. The molecule has 0 aliphatic carbocycles. The Balaban J connectivity index is 3.05. The summed E-state index contributed by atoms with van der Waals surface area (Å²) in [6, 6.07) is 3.51. The van der Waals surface area contributed by atoms with Crippen LogP contribution >= 0.6 is 0 Å². The highest BCUT2D eigenvalue weighted by Gasteiger charge is 2.06. The zero-order valence-corrected chi connectivity index (χ0v) is 8.29. The van der Waals surface area contributed by atoms with Crippen LogP contribution in [-0.2, 0) is 4.79 Å². The zero-order valence-electron chi connectivity index (χ0n) is 8.29. The van der Waals surface area contributed by atoms with E-state index in [1.54, 1.807) is 26.0 Å². The number of anilines is 1. The summed E-state index contributed by atoms with van der Waals surface area (Å²) in [4.78, 5) is 11.0. The van der Waals surface area contributed by atoms with Gasteiger partial charge < -0.3 is 10.4 Å². The molecule has 0 spiro atoms. The Morgan fingerprint density at radius 3 is 2.71 bits per heavy atom. The molecule has 0 saturated heterocycles. The van der Waals surface area contributed by atoms with Crippen LogP contribution in [0, 0.1) is 13.8 Å². The number of carbonyl (C=O) groups excluding carboxylic acids is 1. The Kier molecular flexibility index (Phi) is 2.92. The molecule has 2 N–H and O–H groups in total. The van der Waals surface area contributed by atoms with Crippen molar-refractivity contribution in [3.05, 3.63) is 35.9 Å². The third-order valence-corrected chi connectivity index (χ3v) is 2.08. The standard InChI is InChI=1S/C11H13NO2/c1-4-10(13)12-9-6-5-7(2)11(14)8(9)3/h4-6,14H,1H2,2-3H3,(H,12,13). The van der Waals surface area contributed by atoms with Crippen molar-refractivity contribution in [2.45, 2.75) is 13.8 Å². The minimum absolute atomic E-state index is 0.215. The molecule has 1 aromatic carbocycles. The van der Waals surface area contributed by atoms with Gasteiger partial charge in [0.1, 0.15) is 5.75 Å². The molecule has 0 aromatic heterocycles. The molecular formula is C11H13NO2. The molecule has 3 nitrogen and oxygen atoms in total. The van der Waals surface area contributed by atoms with Crippen LogP contribution in [0.5, 0.6) is 5.75 Å². The summed E-state index contributed by atoms with van der Waals surface area (Å²) in [5.41, 5.74) is 2.07. The predicted molar refractivity (Wildman–Crippen MR) is 56.4 cm³/mol. The van der Waals surface area contributed by atoms with Crippen LogP contribution < -0.4 is 5.32 Å². The number of hydrogen-bond acceptors (Lipinski definition) is 2. The molecule has 1 aromatic rings. The molecule has 1 rings (SSSR count). The number of carbonyl (C=O) groups is 1. The van der Waals surface area contributed by atoms with Crippen molar-refractivity contribution in [2.24, 2.45) is 0 Å². The maximum Gasteiger partial charge on any atom is 0.247 e. The Morgan fingerprint density at radius 2 is 2.14 bits per heavy atom. The molecule has 0 radical (unpaired) electrons. The highest BCUT2D eigenvalue weighted by atomic mass is 16.3. The van der Waals surface area contributed by atoms with Crippen molar-refractivity contribution < 1.29 is 9.90 Å². The van der Waals surface area contributed by atoms with Crippen LogP contribution in [0.1, 0.15) is 11.1 Å². The second kappa shape index (κ2) is 3.96. The molecule has 0 heterocycles. The van der Waals surface area contributed by atoms with E-state index in [2.05, 4.69) is 11.9 Å². The van der Waals surface area contributed by atoms with Gasteiger partial charge in [0.2, 0.25) is 5.91 Å². The number of phenols is 1. The normalized spacial score (nSPS) is 9.57. The van der Waals surface area contributed by atoms with E-state index >= 15 is 0 Å². The average Bonchev–Trinajstić information content (AvgIpc) is 2.19. The fourth-order valence-electron chi connectivity index (χ4n) is 1.15. The smallest absolute Gasteiger partial charge is 0.247 e. The number of aryl methyl sites for hydroxylation is 1. The lowest BCUT2D eigenvalue weighted by Crippen LogP contribution is -2.08. The van der Waals surface area contributed by atoms with Crippen LogP contribution in [0.2, 0.25) is 0 Å². The lowest BCUT2D eigenvalue weighted by molar-refractivity contribution is -0.111. The first-order valence-electron chi connectivity index (χ1n) is 4.29. The molecule has 0 unspecified atom stereocenters. The molecule has 1 amide bonds. The topological polar surface area (TPSA) is 49.3 Å². The maximum atomic E-state index is 11.0. The van der Waals surface area contributed by atoms with Gasteiger partial charge in [-0.15, -0.1) is 0 Å². The van der Waals surface area contributed by atoms with Gasteiger partial charge in [-0.2, -0.15) is 0 Å². The summed E-state index contributed by atoms with van der Waals surface area (Å²) in [5.74, 6) is -0.0665. The second-order valence-corrected chi connectivity index (χ2v) is 3.10. The highest BCUT2D eigenvalue weighted by molar-refractivity contribution is 5.99. The summed E-state index contributed by atoms with van der Waals surface area (Å²) < 4.78 is 0. The van der Waals surface area contributed by atoms with E-state index in [1.807, 2.05) is 0 Å².